The molecule has 1 fully saturated rings. The van der Waals surface area contributed by atoms with Gasteiger partial charge in [-0.15, -0.1) is 0 Å². The van der Waals surface area contributed by atoms with Gasteiger partial charge in [-0.3, -0.25) is 4.79 Å². The first kappa shape index (κ1) is 21.4. The van der Waals surface area contributed by atoms with Crippen molar-refractivity contribution in [2.24, 2.45) is 0 Å². The van der Waals surface area contributed by atoms with E-state index in [9.17, 15) is 9.59 Å². The molecule has 1 aliphatic rings. The van der Waals surface area contributed by atoms with Crippen LogP contribution < -0.4 is 19.5 Å². The molecule has 0 bridgehead atoms. The Morgan fingerprint density at radius 2 is 1.83 bits per heavy atom. The lowest BCUT2D eigenvalue weighted by atomic mass is 10.2. The van der Waals surface area contributed by atoms with Crippen LogP contribution in [0.25, 0.3) is 0 Å². The summed E-state index contributed by atoms with van der Waals surface area (Å²) in [5.74, 6) is 0.614. The van der Waals surface area contributed by atoms with Crippen molar-refractivity contribution >= 4 is 17.6 Å². The van der Waals surface area contributed by atoms with Crippen molar-refractivity contribution in [1.29, 1.82) is 0 Å². The minimum atomic E-state index is -0.594. The largest absolute Gasteiger partial charge is 0.493 e. The van der Waals surface area contributed by atoms with E-state index in [0.29, 0.717) is 35.1 Å². The van der Waals surface area contributed by atoms with Crippen LogP contribution in [0.15, 0.2) is 42.5 Å². The number of hydrogen-bond donors (Lipinski definition) is 1. The standard InChI is InChI=1S/C22H25NO7/c1-26-19-10-7-16(12-20(19)27-2)23-21(24)14-30-22(25)15-5-8-17(9-6-15)29-13-18-4-3-11-28-18/h5-10,12,18H,3-4,11,13-14H2,1-2H3,(H,23,24)/t18-/m1/s1. The molecule has 1 atom stereocenters. The van der Waals surface area contributed by atoms with Gasteiger partial charge in [0.25, 0.3) is 5.91 Å². The number of rotatable bonds is 9. The molecule has 0 spiro atoms. The molecule has 3 rings (SSSR count). The fourth-order valence-electron chi connectivity index (χ4n) is 2.98. The molecule has 1 aliphatic heterocycles. The molecule has 8 heteroatoms. The van der Waals surface area contributed by atoms with Gasteiger partial charge in [-0.1, -0.05) is 0 Å². The lowest BCUT2D eigenvalue weighted by Crippen LogP contribution is -2.21. The maximum atomic E-state index is 12.2. The van der Waals surface area contributed by atoms with Crippen LogP contribution in [0.4, 0.5) is 5.69 Å². The number of carbonyl (C=O) groups is 2. The normalized spacial score (nSPS) is 15.3. The molecule has 0 unspecified atom stereocenters. The van der Waals surface area contributed by atoms with Crippen molar-refractivity contribution in [3.63, 3.8) is 0 Å². The van der Waals surface area contributed by atoms with Crippen molar-refractivity contribution in [1.82, 2.24) is 0 Å². The number of benzene rings is 2. The summed E-state index contributed by atoms with van der Waals surface area (Å²) < 4.78 is 26.6. The van der Waals surface area contributed by atoms with E-state index in [1.54, 1.807) is 42.5 Å². The van der Waals surface area contributed by atoms with Crippen LogP contribution in [0.2, 0.25) is 0 Å². The number of methoxy groups -OCH3 is 2. The lowest BCUT2D eigenvalue weighted by Gasteiger charge is -2.12. The fourth-order valence-corrected chi connectivity index (χ4v) is 2.98. The summed E-state index contributed by atoms with van der Waals surface area (Å²) in [6.45, 7) is 0.850. The van der Waals surface area contributed by atoms with E-state index in [2.05, 4.69) is 5.32 Å². The number of anilines is 1. The van der Waals surface area contributed by atoms with E-state index in [0.717, 1.165) is 19.4 Å². The number of nitrogens with one attached hydrogen (secondary N) is 1. The maximum Gasteiger partial charge on any atom is 0.338 e. The summed E-state index contributed by atoms with van der Waals surface area (Å²) in [5, 5.41) is 2.64. The quantitative estimate of drug-likeness (QED) is 0.629. The van der Waals surface area contributed by atoms with Crippen LogP contribution in [0.1, 0.15) is 23.2 Å². The molecule has 1 N–H and O–H groups in total. The summed E-state index contributed by atoms with van der Waals surface area (Å²) >= 11 is 0. The third kappa shape index (κ3) is 5.87. The zero-order valence-corrected chi connectivity index (χ0v) is 17.0. The highest BCUT2D eigenvalue weighted by Crippen LogP contribution is 2.29. The van der Waals surface area contributed by atoms with Crippen LogP contribution in [0.3, 0.4) is 0 Å². The third-order valence-electron chi connectivity index (χ3n) is 4.55. The fraction of sp³-hybridized carbons (Fsp3) is 0.364. The summed E-state index contributed by atoms with van der Waals surface area (Å²) in [6.07, 6.45) is 2.17. The predicted molar refractivity (Wildman–Crippen MR) is 109 cm³/mol. The first-order chi connectivity index (χ1) is 14.6. The van der Waals surface area contributed by atoms with Gasteiger partial charge >= 0.3 is 5.97 Å². The van der Waals surface area contributed by atoms with E-state index < -0.39 is 18.5 Å². The van der Waals surface area contributed by atoms with Gasteiger partial charge in [-0.2, -0.15) is 0 Å². The van der Waals surface area contributed by atoms with Crippen molar-refractivity contribution in [3.05, 3.63) is 48.0 Å². The van der Waals surface area contributed by atoms with Gasteiger partial charge in [0.2, 0.25) is 0 Å². The molecule has 0 aromatic heterocycles. The minimum absolute atomic E-state index is 0.124. The Labute approximate surface area is 175 Å². The lowest BCUT2D eigenvalue weighted by molar-refractivity contribution is -0.119. The average Bonchev–Trinajstić information content (AvgIpc) is 3.30. The van der Waals surface area contributed by atoms with Crippen LogP contribution in [-0.2, 0) is 14.3 Å². The van der Waals surface area contributed by atoms with Gasteiger partial charge < -0.3 is 29.0 Å². The molecule has 30 heavy (non-hydrogen) atoms. The zero-order chi connectivity index (χ0) is 21.3. The highest BCUT2D eigenvalue weighted by Gasteiger charge is 2.16. The topological polar surface area (TPSA) is 92.3 Å². The van der Waals surface area contributed by atoms with E-state index in [1.165, 1.54) is 14.2 Å². The SMILES string of the molecule is COc1ccc(NC(=O)COC(=O)c2ccc(OC[C@H]3CCCO3)cc2)cc1OC. The summed E-state index contributed by atoms with van der Waals surface area (Å²) in [5.41, 5.74) is 0.833. The molecule has 2 aromatic carbocycles. The molecule has 160 valence electrons. The molecule has 0 aliphatic carbocycles. The van der Waals surface area contributed by atoms with Crippen LogP contribution in [0, 0.1) is 0 Å². The summed E-state index contributed by atoms with van der Waals surface area (Å²) in [6, 6.07) is 11.5. The monoisotopic (exact) mass is 415 g/mol. The Hall–Kier alpha value is -3.26. The smallest absolute Gasteiger partial charge is 0.338 e. The Morgan fingerprint density at radius 1 is 1.07 bits per heavy atom. The highest BCUT2D eigenvalue weighted by molar-refractivity contribution is 5.95. The van der Waals surface area contributed by atoms with E-state index in [1.807, 2.05) is 0 Å². The number of esters is 1. The Kier molecular flexibility index (Phi) is 7.51. The second kappa shape index (κ2) is 10.5. The first-order valence-electron chi connectivity index (χ1n) is 9.62. The predicted octanol–water partition coefficient (Wildman–Crippen LogP) is 3.06. The minimum Gasteiger partial charge on any atom is -0.493 e. The molecule has 8 nitrogen and oxygen atoms in total. The summed E-state index contributed by atoms with van der Waals surface area (Å²) in [4.78, 5) is 24.2. The maximum absolute atomic E-state index is 12.2. The van der Waals surface area contributed by atoms with Crippen molar-refractivity contribution in [2.75, 3.05) is 39.4 Å². The van der Waals surface area contributed by atoms with Crippen molar-refractivity contribution in [2.45, 2.75) is 18.9 Å². The number of ether oxygens (including phenoxy) is 5. The van der Waals surface area contributed by atoms with Gasteiger partial charge in [0.15, 0.2) is 18.1 Å². The third-order valence-corrected chi connectivity index (χ3v) is 4.55. The van der Waals surface area contributed by atoms with E-state index >= 15 is 0 Å². The molecule has 0 saturated carbocycles. The molecule has 0 radical (unpaired) electrons. The number of carbonyl (C=O) groups excluding carboxylic acids is 2. The van der Waals surface area contributed by atoms with Crippen LogP contribution >= 0.6 is 0 Å². The van der Waals surface area contributed by atoms with Crippen molar-refractivity contribution in [3.8, 4) is 17.2 Å². The van der Waals surface area contributed by atoms with Crippen molar-refractivity contribution < 1.29 is 33.3 Å². The molecule has 1 amide bonds. The van der Waals surface area contributed by atoms with E-state index in [-0.39, 0.29) is 6.10 Å². The van der Waals surface area contributed by atoms with Crippen LogP contribution in [0.5, 0.6) is 17.2 Å². The summed E-state index contributed by atoms with van der Waals surface area (Å²) in [7, 11) is 3.03. The second-order valence-corrected chi connectivity index (χ2v) is 6.66. The van der Waals surface area contributed by atoms with Gasteiger partial charge in [0.05, 0.1) is 25.9 Å². The van der Waals surface area contributed by atoms with Gasteiger partial charge in [0.1, 0.15) is 12.4 Å². The Balaban J connectivity index is 1.45. The van der Waals surface area contributed by atoms with Gasteiger partial charge in [-0.05, 0) is 49.2 Å². The van der Waals surface area contributed by atoms with E-state index in [4.69, 9.17) is 23.7 Å². The average molecular weight is 415 g/mol. The molecule has 1 saturated heterocycles. The van der Waals surface area contributed by atoms with Gasteiger partial charge in [0, 0.05) is 18.4 Å². The van der Waals surface area contributed by atoms with Crippen LogP contribution in [-0.4, -0.2) is 52.0 Å². The number of hydrogen-bond acceptors (Lipinski definition) is 7. The molecular formula is C22H25NO7. The van der Waals surface area contributed by atoms with Gasteiger partial charge in [-0.25, -0.2) is 4.79 Å². The molecule has 1 heterocycles. The number of amides is 1. The zero-order valence-electron chi connectivity index (χ0n) is 17.0. The highest BCUT2D eigenvalue weighted by atomic mass is 16.5. The molecule has 2 aromatic rings. The Morgan fingerprint density at radius 3 is 2.50 bits per heavy atom. The Bertz CT molecular complexity index is 860. The molecular weight excluding hydrogens is 390 g/mol. The first-order valence-corrected chi connectivity index (χ1v) is 9.62. The second-order valence-electron chi connectivity index (χ2n) is 6.66.